The molecule has 6 nitrogen and oxygen atoms in total. The SMILES string of the molecule is CC\C=C/C=C\C=C/CCCCCCCCCC(=O)OC(COC(=O)CCCCCCC\C=C/C=C\C=C/CC)COC(=O)CCCCCCCCCCCC/C=C\C=C/CCCCC. The van der Waals surface area contributed by atoms with Crippen molar-refractivity contribution in [2.45, 2.75) is 245 Å². The Bertz CT molecular complexity index is 1310. The van der Waals surface area contributed by atoms with Crippen LogP contribution in [-0.2, 0) is 28.6 Å². The Morgan fingerprint density at radius 1 is 0.323 bits per heavy atom. The normalized spacial score (nSPS) is 12.8. The maximum atomic E-state index is 12.8. The fraction of sp³-hybridized carbons (Fsp3) is 0.678. The molecule has 6 heteroatoms. The van der Waals surface area contributed by atoms with Crippen LogP contribution in [0.5, 0.6) is 0 Å². The Hall–Kier alpha value is -3.67. The first-order chi connectivity index (χ1) is 32.0. The highest BCUT2D eigenvalue weighted by molar-refractivity contribution is 5.71. The molecule has 65 heavy (non-hydrogen) atoms. The van der Waals surface area contributed by atoms with Gasteiger partial charge in [-0.25, -0.2) is 0 Å². The second kappa shape index (κ2) is 52.9. The zero-order valence-corrected chi connectivity index (χ0v) is 42.2. The van der Waals surface area contributed by atoms with Gasteiger partial charge in [-0.2, -0.15) is 0 Å². The van der Waals surface area contributed by atoms with Crippen molar-refractivity contribution in [1.82, 2.24) is 0 Å². The summed E-state index contributed by atoms with van der Waals surface area (Å²) in [6.45, 7) is 6.32. The lowest BCUT2D eigenvalue weighted by Crippen LogP contribution is -2.30. The molecule has 0 rings (SSSR count). The molecule has 0 aliphatic heterocycles. The number of carbonyl (C=O) groups is 3. The minimum atomic E-state index is -0.794. The lowest BCUT2D eigenvalue weighted by molar-refractivity contribution is -0.167. The quantitative estimate of drug-likeness (QED) is 0.0262. The monoisotopic (exact) mass is 903 g/mol. The summed E-state index contributed by atoms with van der Waals surface area (Å²) in [4.78, 5) is 38.0. The van der Waals surface area contributed by atoms with Crippen molar-refractivity contribution in [3.05, 3.63) is 97.2 Å². The van der Waals surface area contributed by atoms with Crippen LogP contribution in [0.4, 0.5) is 0 Å². The molecule has 0 aromatic heterocycles. The molecule has 0 amide bonds. The highest BCUT2D eigenvalue weighted by Crippen LogP contribution is 2.15. The molecular weight excluding hydrogens is 805 g/mol. The first-order valence-electron chi connectivity index (χ1n) is 26.8. The summed E-state index contributed by atoms with van der Waals surface area (Å²) in [5, 5.41) is 0. The van der Waals surface area contributed by atoms with Crippen LogP contribution in [0, 0.1) is 0 Å². The van der Waals surface area contributed by atoms with Crippen LogP contribution in [-0.4, -0.2) is 37.2 Å². The van der Waals surface area contributed by atoms with Gasteiger partial charge < -0.3 is 14.2 Å². The molecule has 1 unspecified atom stereocenters. The predicted molar refractivity (Wildman–Crippen MR) is 279 cm³/mol. The standard InChI is InChI=1S/C59H98O6/c1-4-7-10-13-16-19-22-25-27-28-29-30-32-34-37-40-43-46-49-52-58(61)64-55-56(54-63-57(60)51-48-45-42-39-36-33-24-21-18-15-12-9-6-3)65-59(62)53-50-47-44-41-38-35-31-26-23-20-17-14-11-8-5-2/h8-9,11-12,14-25,56H,4-7,10,13,26-55H2,1-3H3/b11-8-,12-9-,17-14-,18-15-,19-16-,23-20-,24-21-,25-22-. The molecule has 0 saturated heterocycles. The van der Waals surface area contributed by atoms with Gasteiger partial charge in [0, 0.05) is 19.3 Å². The third-order valence-corrected chi connectivity index (χ3v) is 11.2. The molecule has 0 N–H and O–H groups in total. The zero-order chi connectivity index (χ0) is 47.2. The molecule has 0 aliphatic rings. The summed E-state index contributed by atoms with van der Waals surface area (Å²) in [6, 6.07) is 0. The van der Waals surface area contributed by atoms with Gasteiger partial charge >= 0.3 is 17.9 Å². The first kappa shape index (κ1) is 61.3. The van der Waals surface area contributed by atoms with Crippen molar-refractivity contribution < 1.29 is 28.6 Å². The van der Waals surface area contributed by atoms with Crippen LogP contribution in [0.15, 0.2) is 97.2 Å². The molecule has 0 heterocycles. The van der Waals surface area contributed by atoms with Crippen molar-refractivity contribution in [2.75, 3.05) is 13.2 Å². The van der Waals surface area contributed by atoms with E-state index in [1.807, 2.05) is 0 Å². The van der Waals surface area contributed by atoms with Crippen LogP contribution in [0.1, 0.15) is 239 Å². The highest BCUT2D eigenvalue weighted by atomic mass is 16.6. The van der Waals surface area contributed by atoms with Crippen molar-refractivity contribution >= 4 is 17.9 Å². The lowest BCUT2D eigenvalue weighted by Gasteiger charge is -2.18. The lowest BCUT2D eigenvalue weighted by atomic mass is 10.1. The van der Waals surface area contributed by atoms with Crippen molar-refractivity contribution in [1.29, 1.82) is 0 Å². The Balaban J connectivity index is 4.40. The van der Waals surface area contributed by atoms with Gasteiger partial charge in [0.1, 0.15) is 13.2 Å². The van der Waals surface area contributed by atoms with E-state index < -0.39 is 6.10 Å². The number of rotatable bonds is 47. The number of hydrogen-bond acceptors (Lipinski definition) is 6. The fourth-order valence-electron chi connectivity index (χ4n) is 7.20. The maximum absolute atomic E-state index is 12.8. The number of carbonyl (C=O) groups excluding carboxylic acids is 3. The van der Waals surface area contributed by atoms with Gasteiger partial charge in [-0.1, -0.05) is 234 Å². The summed E-state index contributed by atoms with van der Waals surface area (Å²) in [5.74, 6) is -0.929. The minimum absolute atomic E-state index is 0.0919. The summed E-state index contributed by atoms with van der Waals surface area (Å²) < 4.78 is 16.8. The number of hydrogen-bond donors (Lipinski definition) is 0. The molecule has 0 spiro atoms. The third-order valence-electron chi connectivity index (χ3n) is 11.2. The van der Waals surface area contributed by atoms with E-state index in [1.165, 1.54) is 96.3 Å². The van der Waals surface area contributed by atoms with Crippen LogP contribution in [0.3, 0.4) is 0 Å². The first-order valence-corrected chi connectivity index (χ1v) is 26.8. The summed E-state index contributed by atoms with van der Waals surface area (Å²) in [7, 11) is 0. The molecule has 370 valence electrons. The van der Waals surface area contributed by atoms with Crippen molar-refractivity contribution in [2.24, 2.45) is 0 Å². The number of esters is 3. The van der Waals surface area contributed by atoms with Gasteiger partial charge in [0.2, 0.25) is 0 Å². The Morgan fingerprint density at radius 2 is 0.600 bits per heavy atom. The number of ether oxygens (including phenoxy) is 3. The Labute approximate surface area is 400 Å². The van der Waals surface area contributed by atoms with E-state index in [-0.39, 0.29) is 31.1 Å². The van der Waals surface area contributed by atoms with Crippen LogP contribution in [0.25, 0.3) is 0 Å². The van der Waals surface area contributed by atoms with Gasteiger partial charge in [-0.15, -0.1) is 0 Å². The van der Waals surface area contributed by atoms with E-state index in [1.54, 1.807) is 0 Å². The molecule has 1 atom stereocenters. The molecule has 0 saturated carbocycles. The molecular formula is C59H98O6. The summed E-state index contributed by atoms with van der Waals surface area (Å²) in [5.41, 5.74) is 0. The molecule has 0 radical (unpaired) electrons. The van der Waals surface area contributed by atoms with Crippen molar-refractivity contribution in [3.63, 3.8) is 0 Å². The third kappa shape index (κ3) is 51.2. The molecule has 0 aromatic rings. The van der Waals surface area contributed by atoms with Gasteiger partial charge in [0.15, 0.2) is 6.10 Å². The molecule has 0 bridgehead atoms. The average Bonchev–Trinajstić information content (AvgIpc) is 3.30. The highest BCUT2D eigenvalue weighted by Gasteiger charge is 2.19. The van der Waals surface area contributed by atoms with Crippen molar-refractivity contribution in [3.8, 4) is 0 Å². The average molecular weight is 903 g/mol. The fourth-order valence-corrected chi connectivity index (χ4v) is 7.20. The van der Waals surface area contributed by atoms with E-state index in [0.717, 1.165) is 103 Å². The largest absolute Gasteiger partial charge is 0.462 e. The van der Waals surface area contributed by atoms with E-state index in [4.69, 9.17) is 14.2 Å². The van der Waals surface area contributed by atoms with E-state index >= 15 is 0 Å². The Morgan fingerprint density at radius 3 is 0.938 bits per heavy atom. The number of allylic oxidation sites excluding steroid dienone is 16. The maximum Gasteiger partial charge on any atom is 0.306 e. The predicted octanol–water partition coefficient (Wildman–Crippen LogP) is 17.8. The van der Waals surface area contributed by atoms with Crippen LogP contribution < -0.4 is 0 Å². The second-order valence-corrected chi connectivity index (χ2v) is 17.5. The van der Waals surface area contributed by atoms with E-state index in [0.29, 0.717) is 19.3 Å². The smallest absolute Gasteiger partial charge is 0.306 e. The van der Waals surface area contributed by atoms with Gasteiger partial charge in [-0.3, -0.25) is 14.4 Å². The Kier molecular flexibility index (Phi) is 50.0. The van der Waals surface area contributed by atoms with E-state index in [2.05, 4.69) is 118 Å². The molecule has 0 aliphatic carbocycles. The number of unbranched alkanes of at least 4 members (excludes halogenated alkanes) is 25. The van der Waals surface area contributed by atoms with Gasteiger partial charge in [0.25, 0.3) is 0 Å². The minimum Gasteiger partial charge on any atom is -0.462 e. The van der Waals surface area contributed by atoms with Gasteiger partial charge in [-0.05, 0) is 83.5 Å². The summed E-state index contributed by atoms with van der Waals surface area (Å²) in [6.07, 6.45) is 69.6. The van der Waals surface area contributed by atoms with Crippen LogP contribution in [0.2, 0.25) is 0 Å². The molecule has 0 aromatic carbocycles. The van der Waals surface area contributed by atoms with E-state index in [9.17, 15) is 14.4 Å². The molecule has 0 fully saturated rings. The second-order valence-electron chi connectivity index (χ2n) is 17.5. The van der Waals surface area contributed by atoms with Crippen LogP contribution >= 0.6 is 0 Å². The zero-order valence-electron chi connectivity index (χ0n) is 42.2. The van der Waals surface area contributed by atoms with Gasteiger partial charge in [0.05, 0.1) is 0 Å². The summed E-state index contributed by atoms with van der Waals surface area (Å²) >= 11 is 0. The topological polar surface area (TPSA) is 78.9 Å².